The smallest absolute Gasteiger partial charge is 0.260 e. The Hall–Kier alpha value is -2.21. The van der Waals surface area contributed by atoms with Gasteiger partial charge < -0.3 is 11.1 Å². The lowest BCUT2D eigenvalue weighted by Crippen LogP contribution is -2.47. The summed E-state index contributed by atoms with van der Waals surface area (Å²) in [5.41, 5.74) is 6.55. The molecule has 0 aliphatic rings. The Morgan fingerprint density at radius 3 is 2.20 bits per heavy atom. The molecule has 1 aromatic rings. The minimum Gasteiger partial charge on any atom is -0.356 e. The van der Waals surface area contributed by atoms with Crippen LogP contribution >= 0.6 is 0 Å². The molecule has 1 rings (SSSR count). The predicted octanol–water partition coefficient (Wildman–Crippen LogP) is 4.04. The summed E-state index contributed by atoms with van der Waals surface area (Å²) in [6, 6.07) is 7.92. The second kappa shape index (κ2) is 15.6. The molecule has 168 valence electrons. The molecule has 0 unspecified atom stereocenters. The molecule has 30 heavy (non-hydrogen) atoms. The van der Waals surface area contributed by atoms with Crippen molar-refractivity contribution < 1.29 is 14.4 Å². The molecule has 3 amide bonds. The predicted molar refractivity (Wildman–Crippen MR) is 121 cm³/mol. The molecule has 0 aromatic heterocycles. The van der Waals surface area contributed by atoms with Gasteiger partial charge in [0.25, 0.3) is 5.91 Å². The number of imide groups is 1. The van der Waals surface area contributed by atoms with Crippen LogP contribution in [0.25, 0.3) is 0 Å². The van der Waals surface area contributed by atoms with E-state index in [1.807, 2.05) is 6.07 Å². The summed E-state index contributed by atoms with van der Waals surface area (Å²) >= 11 is 0. The van der Waals surface area contributed by atoms with Crippen LogP contribution in [0.2, 0.25) is 0 Å². The number of carbonyl (C=O) groups excluding carboxylic acids is 3. The number of nitrogens with zero attached hydrogens (tertiary/aromatic N) is 1. The summed E-state index contributed by atoms with van der Waals surface area (Å²) in [6.07, 6.45) is 8.64. The highest BCUT2D eigenvalue weighted by molar-refractivity contribution is 6.06. The lowest BCUT2D eigenvalue weighted by molar-refractivity contribution is -0.130. The average Bonchev–Trinajstić information content (AvgIpc) is 2.77. The molecule has 3 N–H and O–H groups in total. The Balaban J connectivity index is 2.59. The summed E-state index contributed by atoms with van der Waals surface area (Å²) in [5, 5.41) is 2.88. The summed E-state index contributed by atoms with van der Waals surface area (Å²) in [5.74, 6) is -0.831. The van der Waals surface area contributed by atoms with Gasteiger partial charge in [0.05, 0.1) is 6.04 Å². The molecule has 1 atom stereocenters. The van der Waals surface area contributed by atoms with E-state index in [9.17, 15) is 14.4 Å². The standard InChI is InChI=1S/C24H39N3O3/c1-3-5-7-12-18-26-22(28)17-16-21(25)24(30)27(19-13-8-6-4-2)23(29)20-14-10-9-11-15-20/h9-11,14-15,21H,3-8,12-13,16-19,25H2,1-2H3,(H,26,28)/t21-/m0/s1. The average molecular weight is 418 g/mol. The van der Waals surface area contributed by atoms with Crippen molar-refractivity contribution in [3.8, 4) is 0 Å². The third-order valence-electron chi connectivity index (χ3n) is 5.12. The summed E-state index contributed by atoms with van der Waals surface area (Å²) < 4.78 is 0. The molecule has 6 nitrogen and oxygen atoms in total. The number of rotatable bonds is 15. The van der Waals surface area contributed by atoms with Crippen molar-refractivity contribution in [2.45, 2.75) is 84.1 Å². The normalized spacial score (nSPS) is 11.7. The van der Waals surface area contributed by atoms with E-state index in [-0.39, 0.29) is 24.7 Å². The number of nitrogens with two attached hydrogens (primary N) is 1. The van der Waals surface area contributed by atoms with Gasteiger partial charge in [-0.2, -0.15) is 0 Å². The lowest BCUT2D eigenvalue weighted by Gasteiger charge is -2.24. The van der Waals surface area contributed by atoms with E-state index in [1.54, 1.807) is 24.3 Å². The molecule has 1 aromatic carbocycles. The van der Waals surface area contributed by atoms with Crippen molar-refractivity contribution in [3.05, 3.63) is 35.9 Å². The third kappa shape index (κ3) is 10.0. The topological polar surface area (TPSA) is 92.5 Å². The first-order valence-electron chi connectivity index (χ1n) is 11.4. The molecule has 0 fully saturated rings. The fourth-order valence-corrected chi connectivity index (χ4v) is 3.22. The second-order valence-corrected chi connectivity index (χ2v) is 7.78. The van der Waals surface area contributed by atoms with Crippen LogP contribution in [-0.2, 0) is 9.59 Å². The molecule has 0 aliphatic carbocycles. The van der Waals surface area contributed by atoms with Crippen molar-refractivity contribution in [2.24, 2.45) is 5.73 Å². The second-order valence-electron chi connectivity index (χ2n) is 7.78. The van der Waals surface area contributed by atoms with Gasteiger partial charge in [-0.25, -0.2) is 0 Å². The largest absolute Gasteiger partial charge is 0.356 e. The van der Waals surface area contributed by atoms with Crippen molar-refractivity contribution in [2.75, 3.05) is 13.1 Å². The number of carbonyl (C=O) groups is 3. The first kappa shape index (κ1) is 25.8. The van der Waals surface area contributed by atoms with Gasteiger partial charge in [-0.05, 0) is 31.4 Å². The van der Waals surface area contributed by atoms with Crippen LogP contribution in [0.3, 0.4) is 0 Å². The molecule has 0 bridgehead atoms. The van der Waals surface area contributed by atoms with E-state index < -0.39 is 11.9 Å². The number of unbranched alkanes of at least 4 members (excludes halogenated alkanes) is 6. The van der Waals surface area contributed by atoms with Crippen LogP contribution in [0, 0.1) is 0 Å². The first-order valence-corrected chi connectivity index (χ1v) is 11.4. The minimum atomic E-state index is -0.866. The number of benzene rings is 1. The molecule has 0 aliphatic heterocycles. The maximum absolute atomic E-state index is 12.9. The highest BCUT2D eigenvalue weighted by Gasteiger charge is 2.27. The highest BCUT2D eigenvalue weighted by atomic mass is 16.2. The Kier molecular flexibility index (Phi) is 13.4. The van der Waals surface area contributed by atoms with Crippen LogP contribution in [0.1, 0.15) is 88.4 Å². The van der Waals surface area contributed by atoms with Gasteiger partial charge >= 0.3 is 0 Å². The number of amides is 3. The minimum absolute atomic E-state index is 0.0985. The van der Waals surface area contributed by atoms with Crippen LogP contribution in [0.5, 0.6) is 0 Å². The summed E-state index contributed by atoms with van der Waals surface area (Å²) in [6.45, 7) is 5.26. The van der Waals surface area contributed by atoms with E-state index in [4.69, 9.17) is 5.73 Å². The molecule has 0 radical (unpaired) electrons. The van der Waals surface area contributed by atoms with E-state index in [2.05, 4.69) is 19.2 Å². The zero-order valence-corrected chi connectivity index (χ0v) is 18.7. The highest BCUT2D eigenvalue weighted by Crippen LogP contribution is 2.11. The molecule has 6 heteroatoms. The maximum atomic E-state index is 12.9. The van der Waals surface area contributed by atoms with E-state index >= 15 is 0 Å². The van der Waals surface area contributed by atoms with Gasteiger partial charge in [0, 0.05) is 25.1 Å². The van der Waals surface area contributed by atoms with Crippen LogP contribution in [-0.4, -0.2) is 41.8 Å². The Morgan fingerprint density at radius 1 is 0.933 bits per heavy atom. The molecular weight excluding hydrogens is 378 g/mol. The van der Waals surface area contributed by atoms with Crippen LogP contribution < -0.4 is 11.1 Å². The van der Waals surface area contributed by atoms with Crippen LogP contribution in [0.4, 0.5) is 0 Å². The Morgan fingerprint density at radius 2 is 1.57 bits per heavy atom. The maximum Gasteiger partial charge on any atom is 0.260 e. The molecule has 0 saturated heterocycles. The molecule has 0 saturated carbocycles. The quantitative estimate of drug-likeness (QED) is 0.421. The first-order chi connectivity index (χ1) is 14.5. The van der Waals surface area contributed by atoms with Gasteiger partial charge in [-0.15, -0.1) is 0 Å². The van der Waals surface area contributed by atoms with Gasteiger partial charge in [-0.1, -0.05) is 70.6 Å². The van der Waals surface area contributed by atoms with E-state index in [0.29, 0.717) is 18.7 Å². The Bertz CT molecular complexity index is 634. The monoisotopic (exact) mass is 417 g/mol. The van der Waals surface area contributed by atoms with E-state index in [1.165, 1.54) is 11.3 Å². The van der Waals surface area contributed by atoms with Crippen molar-refractivity contribution >= 4 is 17.7 Å². The number of nitrogens with one attached hydrogen (secondary N) is 1. The van der Waals surface area contributed by atoms with Gasteiger partial charge in [0.2, 0.25) is 11.8 Å². The zero-order valence-electron chi connectivity index (χ0n) is 18.7. The summed E-state index contributed by atoms with van der Waals surface area (Å²) in [7, 11) is 0. The van der Waals surface area contributed by atoms with Gasteiger partial charge in [0.15, 0.2) is 0 Å². The van der Waals surface area contributed by atoms with Crippen molar-refractivity contribution in [1.29, 1.82) is 0 Å². The fourth-order valence-electron chi connectivity index (χ4n) is 3.22. The van der Waals surface area contributed by atoms with Crippen LogP contribution in [0.15, 0.2) is 30.3 Å². The number of hydrogen-bond donors (Lipinski definition) is 2. The molecule has 0 spiro atoms. The number of hydrogen-bond acceptors (Lipinski definition) is 4. The SMILES string of the molecule is CCCCCCNC(=O)CC[C@H](N)C(=O)N(CCCCCC)C(=O)c1ccccc1. The third-order valence-corrected chi connectivity index (χ3v) is 5.12. The fraction of sp³-hybridized carbons (Fsp3) is 0.625. The molecular formula is C24H39N3O3. The van der Waals surface area contributed by atoms with Gasteiger partial charge in [0.1, 0.15) is 0 Å². The Labute approximate surface area is 181 Å². The van der Waals surface area contributed by atoms with Gasteiger partial charge in [-0.3, -0.25) is 19.3 Å². The summed E-state index contributed by atoms with van der Waals surface area (Å²) in [4.78, 5) is 39.1. The molecule has 0 heterocycles. The lowest BCUT2D eigenvalue weighted by atomic mass is 10.1. The van der Waals surface area contributed by atoms with Crippen molar-refractivity contribution in [1.82, 2.24) is 10.2 Å². The van der Waals surface area contributed by atoms with E-state index in [0.717, 1.165) is 44.9 Å². The zero-order chi connectivity index (χ0) is 22.2. The van der Waals surface area contributed by atoms with Crippen molar-refractivity contribution in [3.63, 3.8) is 0 Å².